The highest BCUT2D eigenvalue weighted by Crippen LogP contribution is 2.34. The largest absolute Gasteiger partial charge is 0.317 e. The third kappa shape index (κ3) is 5.01. The van der Waals surface area contributed by atoms with Gasteiger partial charge in [0.15, 0.2) is 0 Å². The molecule has 90 valence electrons. The Morgan fingerprint density at radius 1 is 1.27 bits per heavy atom. The molecule has 0 heterocycles. The van der Waals surface area contributed by atoms with Gasteiger partial charge in [-0.15, -0.1) is 0 Å². The van der Waals surface area contributed by atoms with Gasteiger partial charge in [-0.1, -0.05) is 40.0 Å². The van der Waals surface area contributed by atoms with Crippen molar-refractivity contribution in [1.82, 2.24) is 5.32 Å². The van der Waals surface area contributed by atoms with Crippen LogP contribution in [0.15, 0.2) is 0 Å². The second-order valence-electron chi connectivity index (χ2n) is 5.55. The molecule has 3 atom stereocenters. The lowest BCUT2D eigenvalue weighted by Crippen LogP contribution is -2.24. The number of hydrogen-bond acceptors (Lipinski definition) is 1. The van der Waals surface area contributed by atoms with Crippen LogP contribution >= 0.6 is 0 Å². The first-order chi connectivity index (χ1) is 7.24. The van der Waals surface area contributed by atoms with E-state index in [-0.39, 0.29) is 0 Å². The van der Waals surface area contributed by atoms with Gasteiger partial charge in [0.25, 0.3) is 0 Å². The molecule has 1 heteroatoms. The lowest BCUT2D eigenvalue weighted by molar-refractivity contribution is 0.206. The zero-order valence-electron chi connectivity index (χ0n) is 10.9. The summed E-state index contributed by atoms with van der Waals surface area (Å²) in [6.45, 7) is 9.53. The molecule has 0 aliphatic heterocycles. The van der Waals surface area contributed by atoms with E-state index in [9.17, 15) is 0 Å². The van der Waals surface area contributed by atoms with Crippen LogP contribution in [0.5, 0.6) is 0 Å². The number of nitrogens with one attached hydrogen (secondary N) is 1. The second-order valence-corrected chi connectivity index (χ2v) is 5.55. The Hall–Kier alpha value is -0.0400. The van der Waals surface area contributed by atoms with Crippen LogP contribution in [0, 0.1) is 17.8 Å². The van der Waals surface area contributed by atoms with E-state index >= 15 is 0 Å². The average Bonchev–Trinajstić information content (AvgIpc) is 2.24. The fourth-order valence-electron chi connectivity index (χ4n) is 2.87. The first-order valence-electron chi connectivity index (χ1n) is 6.94. The van der Waals surface area contributed by atoms with Crippen LogP contribution in [-0.2, 0) is 0 Å². The average molecular weight is 211 g/mol. The first kappa shape index (κ1) is 13.0. The van der Waals surface area contributed by atoms with Gasteiger partial charge in [0, 0.05) is 0 Å². The molecule has 1 N–H and O–H groups in total. The van der Waals surface area contributed by atoms with Gasteiger partial charge in [0.1, 0.15) is 0 Å². The summed E-state index contributed by atoms with van der Waals surface area (Å²) >= 11 is 0. The molecule has 1 saturated carbocycles. The molecule has 1 nitrogen and oxygen atoms in total. The molecule has 1 fully saturated rings. The molecule has 0 bridgehead atoms. The summed E-state index contributed by atoms with van der Waals surface area (Å²) in [7, 11) is 0. The van der Waals surface area contributed by atoms with Crippen molar-refractivity contribution in [1.29, 1.82) is 0 Å². The summed E-state index contributed by atoms with van der Waals surface area (Å²) in [5.41, 5.74) is 0. The lowest BCUT2D eigenvalue weighted by atomic mass is 9.75. The highest BCUT2D eigenvalue weighted by molar-refractivity contribution is 4.75. The standard InChI is InChI=1S/C14H29N/c1-4-9-15-10-8-13(3)14-7-5-6-12(2)11-14/h12-15H,4-11H2,1-3H3. The zero-order chi connectivity index (χ0) is 11.1. The van der Waals surface area contributed by atoms with Crippen LogP contribution in [0.4, 0.5) is 0 Å². The van der Waals surface area contributed by atoms with E-state index in [1.54, 1.807) is 0 Å². The Morgan fingerprint density at radius 3 is 2.73 bits per heavy atom. The van der Waals surface area contributed by atoms with Crippen LogP contribution in [0.2, 0.25) is 0 Å². The van der Waals surface area contributed by atoms with Gasteiger partial charge in [0.05, 0.1) is 0 Å². The van der Waals surface area contributed by atoms with Crippen LogP contribution in [0.3, 0.4) is 0 Å². The molecule has 0 aromatic heterocycles. The molecule has 0 aromatic carbocycles. The Labute approximate surface area is 96.0 Å². The lowest BCUT2D eigenvalue weighted by Gasteiger charge is -2.31. The van der Waals surface area contributed by atoms with E-state index in [2.05, 4.69) is 26.1 Å². The van der Waals surface area contributed by atoms with E-state index in [1.807, 2.05) is 0 Å². The molecule has 0 saturated heterocycles. The Kier molecular flexibility index (Phi) is 6.31. The number of hydrogen-bond donors (Lipinski definition) is 1. The quantitative estimate of drug-likeness (QED) is 0.658. The zero-order valence-corrected chi connectivity index (χ0v) is 10.9. The minimum Gasteiger partial charge on any atom is -0.317 e. The van der Waals surface area contributed by atoms with Gasteiger partial charge in [-0.2, -0.15) is 0 Å². The minimum atomic E-state index is 0.928. The second kappa shape index (κ2) is 7.27. The molecule has 0 spiro atoms. The van der Waals surface area contributed by atoms with E-state index in [0.717, 1.165) is 17.8 Å². The van der Waals surface area contributed by atoms with Crippen molar-refractivity contribution < 1.29 is 0 Å². The predicted molar refractivity (Wildman–Crippen MR) is 68.1 cm³/mol. The molecule has 1 rings (SSSR count). The van der Waals surface area contributed by atoms with Crippen molar-refractivity contribution in [2.75, 3.05) is 13.1 Å². The fraction of sp³-hybridized carbons (Fsp3) is 1.00. The van der Waals surface area contributed by atoms with E-state index in [1.165, 1.54) is 51.6 Å². The van der Waals surface area contributed by atoms with Crippen LogP contribution < -0.4 is 5.32 Å². The van der Waals surface area contributed by atoms with Gasteiger partial charge in [-0.3, -0.25) is 0 Å². The monoisotopic (exact) mass is 211 g/mol. The first-order valence-corrected chi connectivity index (χ1v) is 6.94. The normalized spacial score (nSPS) is 29.0. The minimum absolute atomic E-state index is 0.928. The van der Waals surface area contributed by atoms with Crippen molar-refractivity contribution >= 4 is 0 Å². The molecule has 0 amide bonds. The van der Waals surface area contributed by atoms with Crippen LogP contribution in [0.25, 0.3) is 0 Å². The topological polar surface area (TPSA) is 12.0 Å². The van der Waals surface area contributed by atoms with E-state index in [0.29, 0.717) is 0 Å². The summed E-state index contributed by atoms with van der Waals surface area (Å²) in [6, 6.07) is 0. The van der Waals surface area contributed by atoms with Gasteiger partial charge < -0.3 is 5.32 Å². The highest BCUT2D eigenvalue weighted by Gasteiger charge is 2.23. The molecule has 1 aliphatic rings. The van der Waals surface area contributed by atoms with Crippen molar-refractivity contribution in [2.45, 2.75) is 59.3 Å². The van der Waals surface area contributed by atoms with Crippen LogP contribution in [-0.4, -0.2) is 13.1 Å². The van der Waals surface area contributed by atoms with E-state index < -0.39 is 0 Å². The maximum Gasteiger partial charge on any atom is -0.00463 e. The summed E-state index contributed by atoms with van der Waals surface area (Å²) in [6.07, 6.45) is 8.54. The van der Waals surface area contributed by atoms with Crippen molar-refractivity contribution in [2.24, 2.45) is 17.8 Å². The van der Waals surface area contributed by atoms with Gasteiger partial charge in [-0.05, 0) is 50.1 Å². The van der Waals surface area contributed by atoms with Gasteiger partial charge >= 0.3 is 0 Å². The predicted octanol–water partition coefficient (Wildman–Crippen LogP) is 3.84. The Bertz CT molecular complexity index is 155. The van der Waals surface area contributed by atoms with Crippen molar-refractivity contribution in [3.63, 3.8) is 0 Å². The summed E-state index contributed by atoms with van der Waals surface area (Å²) in [4.78, 5) is 0. The van der Waals surface area contributed by atoms with Gasteiger partial charge in [-0.25, -0.2) is 0 Å². The fourth-order valence-corrected chi connectivity index (χ4v) is 2.87. The third-order valence-corrected chi connectivity index (χ3v) is 3.98. The Balaban J connectivity index is 2.12. The third-order valence-electron chi connectivity index (χ3n) is 3.98. The maximum absolute atomic E-state index is 3.52. The van der Waals surface area contributed by atoms with Crippen molar-refractivity contribution in [3.05, 3.63) is 0 Å². The van der Waals surface area contributed by atoms with E-state index in [4.69, 9.17) is 0 Å². The summed E-state index contributed by atoms with van der Waals surface area (Å²) < 4.78 is 0. The molecule has 3 unspecified atom stereocenters. The molecule has 1 aliphatic carbocycles. The van der Waals surface area contributed by atoms with Gasteiger partial charge in [0.2, 0.25) is 0 Å². The SMILES string of the molecule is CCCNCCC(C)C1CCCC(C)C1. The molecule has 0 radical (unpaired) electrons. The maximum atomic E-state index is 3.52. The summed E-state index contributed by atoms with van der Waals surface area (Å²) in [5.74, 6) is 2.92. The Morgan fingerprint density at radius 2 is 2.07 bits per heavy atom. The smallest absolute Gasteiger partial charge is 0.00463 e. The molecule has 15 heavy (non-hydrogen) atoms. The number of rotatable bonds is 6. The molecular weight excluding hydrogens is 182 g/mol. The molecule has 0 aromatic rings. The van der Waals surface area contributed by atoms with Crippen molar-refractivity contribution in [3.8, 4) is 0 Å². The molecular formula is C14H29N. The highest BCUT2D eigenvalue weighted by atomic mass is 14.8. The summed E-state index contributed by atoms with van der Waals surface area (Å²) in [5, 5.41) is 3.52. The van der Waals surface area contributed by atoms with Crippen LogP contribution in [0.1, 0.15) is 59.3 Å².